The van der Waals surface area contributed by atoms with Gasteiger partial charge in [0, 0.05) is 23.4 Å². The van der Waals surface area contributed by atoms with Crippen molar-refractivity contribution < 1.29 is 9.59 Å². The second kappa shape index (κ2) is 6.00. The molecule has 112 valence electrons. The van der Waals surface area contributed by atoms with Gasteiger partial charge in [-0.15, -0.1) is 0 Å². The van der Waals surface area contributed by atoms with E-state index in [0.29, 0.717) is 5.78 Å². The molecule has 2 aliphatic rings. The Morgan fingerprint density at radius 1 is 1.24 bits per heavy atom. The van der Waals surface area contributed by atoms with E-state index in [9.17, 15) is 9.59 Å². The molecular formula is C18H23NO2. The topological polar surface area (TPSA) is 46.2 Å². The molecule has 1 aromatic carbocycles. The lowest BCUT2D eigenvalue weighted by Crippen LogP contribution is -2.40. The maximum Gasteiger partial charge on any atom is 0.227 e. The number of hydrogen-bond acceptors (Lipinski definition) is 2. The lowest BCUT2D eigenvalue weighted by Gasteiger charge is -2.36. The summed E-state index contributed by atoms with van der Waals surface area (Å²) < 4.78 is 0. The Hall–Kier alpha value is -1.64. The van der Waals surface area contributed by atoms with Crippen LogP contribution in [0.25, 0.3) is 0 Å². The smallest absolute Gasteiger partial charge is 0.227 e. The summed E-state index contributed by atoms with van der Waals surface area (Å²) in [6.07, 6.45) is 5.55. The predicted octanol–water partition coefficient (Wildman–Crippen LogP) is 3.58. The highest BCUT2D eigenvalue weighted by Crippen LogP contribution is 2.40. The molecule has 0 aliphatic heterocycles. The molecular weight excluding hydrogens is 262 g/mol. The number of ketones is 1. The Bertz CT molecular complexity index is 536. The van der Waals surface area contributed by atoms with Crippen LogP contribution in [0.1, 0.15) is 44.6 Å². The van der Waals surface area contributed by atoms with Gasteiger partial charge in [0.05, 0.1) is 0 Å². The van der Waals surface area contributed by atoms with Crippen LogP contribution >= 0.6 is 0 Å². The zero-order valence-corrected chi connectivity index (χ0v) is 12.6. The molecule has 2 aliphatic carbocycles. The van der Waals surface area contributed by atoms with Crippen LogP contribution in [0.4, 0.5) is 5.69 Å². The summed E-state index contributed by atoms with van der Waals surface area (Å²) in [5, 5.41) is 3.04. The third-order valence-electron chi connectivity index (χ3n) is 5.02. The summed E-state index contributed by atoms with van der Waals surface area (Å²) in [7, 11) is 0. The lowest BCUT2D eigenvalue weighted by molar-refractivity contribution is -0.136. The van der Waals surface area contributed by atoms with E-state index in [1.165, 1.54) is 5.56 Å². The van der Waals surface area contributed by atoms with E-state index in [-0.39, 0.29) is 23.7 Å². The fourth-order valence-corrected chi connectivity index (χ4v) is 3.81. The fourth-order valence-electron chi connectivity index (χ4n) is 3.81. The van der Waals surface area contributed by atoms with Gasteiger partial charge < -0.3 is 5.32 Å². The van der Waals surface area contributed by atoms with Gasteiger partial charge in [-0.3, -0.25) is 9.59 Å². The van der Waals surface area contributed by atoms with E-state index >= 15 is 0 Å². The van der Waals surface area contributed by atoms with E-state index in [1.54, 1.807) is 0 Å². The molecule has 2 atom stereocenters. The van der Waals surface area contributed by atoms with E-state index in [2.05, 4.69) is 18.3 Å². The summed E-state index contributed by atoms with van der Waals surface area (Å²) >= 11 is 0. The maximum absolute atomic E-state index is 12.5. The number of fused-ring (bicyclic) bond motifs is 2. The molecule has 0 spiro atoms. The van der Waals surface area contributed by atoms with Crippen molar-refractivity contribution in [3.63, 3.8) is 0 Å². The van der Waals surface area contributed by atoms with E-state index in [0.717, 1.165) is 44.2 Å². The molecule has 2 unspecified atom stereocenters. The first-order chi connectivity index (χ1) is 10.2. The van der Waals surface area contributed by atoms with Crippen LogP contribution in [0.2, 0.25) is 0 Å². The lowest BCUT2D eigenvalue weighted by atomic mass is 9.67. The van der Waals surface area contributed by atoms with Crippen molar-refractivity contribution in [2.75, 3.05) is 5.32 Å². The molecule has 0 saturated heterocycles. The van der Waals surface area contributed by atoms with Crippen LogP contribution in [0.15, 0.2) is 24.3 Å². The standard InChI is InChI=1S/C18H23NO2/c1-2-12-5-3-8-16(9-12)19-18(21)15-10-13-6-4-7-14(11-15)17(13)20/h3,5,8-9,13-15H,2,4,6-7,10-11H2,1H3,(H,19,21). The molecule has 2 saturated carbocycles. The molecule has 0 aromatic heterocycles. The number of anilines is 1. The van der Waals surface area contributed by atoms with Gasteiger partial charge in [0.15, 0.2) is 0 Å². The number of Topliss-reactive ketones (excluding diaryl/α,β-unsaturated/α-hetero) is 1. The summed E-state index contributed by atoms with van der Waals surface area (Å²) in [6, 6.07) is 8.02. The maximum atomic E-state index is 12.5. The molecule has 1 N–H and O–H groups in total. The van der Waals surface area contributed by atoms with Gasteiger partial charge in [-0.05, 0) is 49.8 Å². The minimum atomic E-state index is 0.00304. The SMILES string of the molecule is CCc1cccc(NC(=O)C2CC3CCCC(C2)C3=O)c1. The number of hydrogen-bond donors (Lipinski definition) is 1. The number of nitrogens with one attached hydrogen (secondary N) is 1. The molecule has 2 fully saturated rings. The normalized spacial score (nSPS) is 28.2. The van der Waals surface area contributed by atoms with Crippen LogP contribution in [0.5, 0.6) is 0 Å². The molecule has 1 amide bonds. The summed E-state index contributed by atoms with van der Waals surface area (Å²) in [4.78, 5) is 24.6. The van der Waals surface area contributed by atoms with Crippen LogP contribution < -0.4 is 5.32 Å². The second-order valence-electron chi connectivity index (χ2n) is 6.44. The Kier molecular flexibility index (Phi) is 4.09. The number of aryl methyl sites for hydroxylation is 1. The quantitative estimate of drug-likeness (QED) is 0.922. The zero-order chi connectivity index (χ0) is 14.8. The Morgan fingerprint density at radius 3 is 2.62 bits per heavy atom. The van der Waals surface area contributed by atoms with Crippen LogP contribution in [0, 0.1) is 17.8 Å². The predicted molar refractivity (Wildman–Crippen MR) is 83.0 cm³/mol. The van der Waals surface area contributed by atoms with Gasteiger partial charge in [0.2, 0.25) is 5.91 Å². The molecule has 3 heteroatoms. The van der Waals surface area contributed by atoms with E-state index in [4.69, 9.17) is 0 Å². The van der Waals surface area contributed by atoms with Gasteiger partial charge in [0.1, 0.15) is 5.78 Å². The summed E-state index contributed by atoms with van der Waals surface area (Å²) in [5.41, 5.74) is 2.10. The van der Waals surface area contributed by atoms with Gasteiger partial charge in [-0.1, -0.05) is 25.5 Å². The third kappa shape index (κ3) is 3.02. The van der Waals surface area contributed by atoms with Crippen molar-refractivity contribution in [2.45, 2.75) is 45.4 Å². The molecule has 1 aromatic rings. The van der Waals surface area contributed by atoms with Gasteiger partial charge in [-0.25, -0.2) is 0 Å². The monoisotopic (exact) mass is 285 g/mol. The highest BCUT2D eigenvalue weighted by molar-refractivity contribution is 5.95. The molecule has 3 rings (SSSR count). The minimum Gasteiger partial charge on any atom is -0.326 e. The largest absolute Gasteiger partial charge is 0.326 e. The van der Waals surface area contributed by atoms with E-state index < -0.39 is 0 Å². The Labute approximate surface area is 126 Å². The molecule has 3 nitrogen and oxygen atoms in total. The summed E-state index contributed by atoms with van der Waals surface area (Å²) in [6.45, 7) is 2.11. The van der Waals surface area contributed by atoms with Crippen molar-refractivity contribution in [2.24, 2.45) is 17.8 Å². The molecule has 21 heavy (non-hydrogen) atoms. The van der Waals surface area contributed by atoms with E-state index in [1.807, 2.05) is 18.2 Å². The van der Waals surface area contributed by atoms with Crippen molar-refractivity contribution in [1.29, 1.82) is 0 Å². The van der Waals surface area contributed by atoms with Crippen LogP contribution in [-0.4, -0.2) is 11.7 Å². The number of amides is 1. The average Bonchev–Trinajstić information content (AvgIpc) is 2.47. The molecule has 0 radical (unpaired) electrons. The first-order valence-electron chi connectivity index (χ1n) is 8.11. The van der Waals surface area contributed by atoms with Gasteiger partial charge >= 0.3 is 0 Å². The van der Waals surface area contributed by atoms with Crippen molar-refractivity contribution in [3.8, 4) is 0 Å². The fraction of sp³-hybridized carbons (Fsp3) is 0.556. The zero-order valence-electron chi connectivity index (χ0n) is 12.6. The highest BCUT2D eigenvalue weighted by Gasteiger charge is 2.41. The number of benzene rings is 1. The van der Waals surface area contributed by atoms with Crippen molar-refractivity contribution in [3.05, 3.63) is 29.8 Å². The van der Waals surface area contributed by atoms with Crippen molar-refractivity contribution in [1.82, 2.24) is 0 Å². The highest BCUT2D eigenvalue weighted by atomic mass is 16.2. The van der Waals surface area contributed by atoms with Crippen LogP contribution in [-0.2, 0) is 16.0 Å². The Balaban J connectivity index is 1.67. The first kappa shape index (κ1) is 14.3. The third-order valence-corrected chi connectivity index (χ3v) is 5.02. The van der Waals surface area contributed by atoms with Gasteiger partial charge in [0.25, 0.3) is 0 Å². The second-order valence-corrected chi connectivity index (χ2v) is 6.44. The van der Waals surface area contributed by atoms with Crippen LogP contribution in [0.3, 0.4) is 0 Å². The first-order valence-corrected chi connectivity index (χ1v) is 8.11. The Morgan fingerprint density at radius 2 is 1.95 bits per heavy atom. The summed E-state index contributed by atoms with van der Waals surface area (Å²) in [5.74, 6) is 0.777. The molecule has 0 heterocycles. The minimum absolute atomic E-state index is 0.00304. The number of carbonyl (C=O) groups is 2. The number of rotatable bonds is 3. The van der Waals surface area contributed by atoms with Crippen molar-refractivity contribution >= 4 is 17.4 Å². The number of carbonyl (C=O) groups excluding carboxylic acids is 2. The molecule has 2 bridgehead atoms. The van der Waals surface area contributed by atoms with Gasteiger partial charge in [-0.2, -0.15) is 0 Å². The average molecular weight is 285 g/mol.